The van der Waals surface area contributed by atoms with Crippen LogP contribution >= 0.6 is 0 Å². The number of nitrogens with zero attached hydrogens (tertiary/aromatic N) is 1. The van der Waals surface area contributed by atoms with Gasteiger partial charge in [-0.1, -0.05) is 12.1 Å². The molecule has 6 nitrogen and oxygen atoms in total. The second kappa shape index (κ2) is 6.90. The van der Waals surface area contributed by atoms with Gasteiger partial charge in [0, 0.05) is 30.6 Å². The summed E-state index contributed by atoms with van der Waals surface area (Å²) in [6, 6.07) is 7.59. The first kappa shape index (κ1) is 15.1. The molecule has 0 spiro atoms. The number of fused-ring (bicyclic) bond motifs is 1. The predicted octanol–water partition coefficient (Wildman–Crippen LogP) is 2.14. The summed E-state index contributed by atoms with van der Waals surface area (Å²) in [5.74, 6) is 0.557. The van der Waals surface area contributed by atoms with Crippen LogP contribution in [0.3, 0.4) is 0 Å². The van der Waals surface area contributed by atoms with Gasteiger partial charge >= 0.3 is 5.97 Å². The number of carbonyl (C=O) groups is 1. The van der Waals surface area contributed by atoms with Crippen molar-refractivity contribution in [3.63, 3.8) is 0 Å². The number of aliphatic carboxylic acids is 1. The van der Waals surface area contributed by atoms with Gasteiger partial charge in [0.2, 0.25) is 0 Å². The van der Waals surface area contributed by atoms with E-state index in [0.29, 0.717) is 12.4 Å². The van der Waals surface area contributed by atoms with Gasteiger partial charge in [-0.2, -0.15) is 0 Å². The lowest BCUT2D eigenvalue weighted by atomic mass is 10.1. The quantitative estimate of drug-likeness (QED) is 0.813. The lowest BCUT2D eigenvalue weighted by Crippen LogP contribution is -2.25. The zero-order valence-corrected chi connectivity index (χ0v) is 12.0. The average molecular weight is 290 g/mol. The lowest BCUT2D eigenvalue weighted by Gasteiger charge is -2.16. The van der Waals surface area contributed by atoms with E-state index in [1.54, 1.807) is 13.3 Å². The summed E-state index contributed by atoms with van der Waals surface area (Å²) in [5.41, 5.74) is 0. The molecule has 0 bridgehead atoms. The number of benzene rings is 1. The molecule has 1 aromatic heterocycles. The first-order valence-electron chi connectivity index (χ1n) is 6.56. The Hall–Kier alpha value is -2.34. The van der Waals surface area contributed by atoms with E-state index in [4.69, 9.17) is 14.6 Å². The molecule has 0 aliphatic heterocycles. The molecule has 1 heterocycles. The van der Waals surface area contributed by atoms with Gasteiger partial charge < -0.3 is 19.9 Å². The minimum absolute atomic E-state index is 0.0579. The van der Waals surface area contributed by atoms with Gasteiger partial charge in [0.15, 0.2) is 0 Å². The van der Waals surface area contributed by atoms with Crippen LogP contribution in [0, 0.1) is 0 Å². The number of nitrogens with one attached hydrogen (secondary N) is 1. The van der Waals surface area contributed by atoms with Crippen molar-refractivity contribution in [1.29, 1.82) is 0 Å². The summed E-state index contributed by atoms with van der Waals surface area (Å²) in [4.78, 5) is 15.0. The minimum atomic E-state index is -0.892. The van der Waals surface area contributed by atoms with E-state index in [-0.39, 0.29) is 6.42 Å². The zero-order chi connectivity index (χ0) is 15.2. The van der Waals surface area contributed by atoms with Gasteiger partial charge in [-0.3, -0.25) is 4.79 Å². The standard InChI is InChI=1S/C15H18N2O4/c1-20-10(8-14(18)19)9-17-15-12-4-3-5-13(21-2)11(12)6-7-16-15/h3-7,10H,8-9H2,1-2H3,(H,16,17)(H,18,19). The molecule has 0 aliphatic carbocycles. The van der Waals surface area contributed by atoms with Crippen LogP contribution in [-0.4, -0.2) is 42.9 Å². The summed E-state index contributed by atoms with van der Waals surface area (Å²) in [7, 11) is 3.12. The highest BCUT2D eigenvalue weighted by Gasteiger charge is 2.13. The average Bonchev–Trinajstić information content (AvgIpc) is 2.50. The number of pyridine rings is 1. The molecular weight excluding hydrogens is 272 g/mol. The van der Waals surface area contributed by atoms with Crippen molar-refractivity contribution < 1.29 is 19.4 Å². The number of carboxylic acid groups (broad SMARTS) is 1. The van der Waals surface area contributed by atoms with Gasteiger partial charge in [-0.25, -0.2) is 4.98 Å². The van der Waals surface area contributed by atoms with Crippen molar-refractivity contribution in [2.75, 3.05) is 26.1 Å². The van der Waals surface area contributed by atoms with Gasteiger partial charge in [0.05, 0.1) is 19.6 Å². The van der Waals surface area contributed by atoms with E-state index in [9.17, 15) is 4.79 Å². The summed E-state index contributed by atoms with van der Waals surface area (Å²) in [6.45, 7) is 0.367. The number of hydrogen-bond acceptors (Lipinski definition) is 5. The Morgan fingerprint density at radius 3 is 2.81 bits per heavy atom. The number of anilines is 1. The Bertz CT molecular complexity index is 630. The van der Waals surface area contributed by atoms with Crippen molar-refractivity contribution in [2.45, 2.75) is 12.5 Å². The van der Waals surface area contributed by atoms with E-state index >= 15 is 0 Å². The van der Waals surface area contributed by atoms with Crippen LogP contribution in [0.2, 0.25) is 0 Å². The Morgan fingerprint density at radius 1 is 1.33 bits per heavy atom. The largest absolute Gasteiger partial charge is 0.496 e. The van der Waals surface area contributed by atoms with Crippen LogP contribution in [0.1, 0.15) is 6.42 Å². The Balaban J connectivity index is 2.20. The molecule has 21 heavy (non-hydrogen) atoms. The van der Waals surface area contributed by atoms with Crippen molar-refractivity contribution in [2.24, 2.45) is 0 Å². The van der Waals surface area contributed by atoms with Gasteiger partial charge in [0.1, 0.15) is 11.6 Å². The van der Waals surface area contributed by atoms with Gasteiger partial charge in [-0.05, 0) is 12.1 Å². The number of ether oxygens (including phenoxy) is 2. The Labute approximate surface area is 122 Å². The molecule has 2 N–H and O–H groups in total. The molecule has 112 valence electrons. The maximum atomic E-state index is 10.7. The van der Waals surface area contributed by atoms with Crippen molar-refractivity contribution >= 4 is 22.6 Å². The normalized spacial score (nSPS) is 12.1. The van der Waals surface area contributed by atoms with Crippen LogP contribution < -0.4 is 10.1 Å². The first-order valence-corrected chi connectivity index (χ1v) is 6.56. The molecule has 1 aromatic carbocycles. The third kappa shape index (κ3) is 3.61. The first-order chi connectivity index (χ1) is 10.2. The number of hydrogen-bond donors (Lipinski definition) is 2. The summed E-state index contributed by atoms with van der Waals surface area (Å²) in [6.07, 6.45) is 1.22. The van der Waals surface area contributed by atoms with Crippen LogP contribution in [0.4, 0.5) is 5.82 Å². The molecule has 0 aliphatic rings. The van der Waals surface area contributed by atoms with Crippen molar-refractivity contribution in [3.05, 3.63) is 30.5 Å². The van der Waals surface area contributed by atoms with E-state index < -0.39 is 12.1 Å². The van der Waals surface area contributed by atoms with E-state index in [1.165, 1.54) is 7.11 Å². The molecule has 6 heteroatoms. The summed E-state index contributed by atoms with van der Waals surface area (Å²) < 4.78 is 10.5. The summed E-state index contributed by atoms with van der Waals surface area (Å²) >= 11 is 0. The second-order valence-corrected chi connectivity index (χ2v) is 4.55. The number of aromatic nitrogens is 1. The summed E-state index contributed by atoms with van der Waals surface area (Å²) in [5, 5.41) is 13.8. The highest BCUT2D eigenvalue weighted by atomic mass is 16.5. The molecule has 2 aromatic rings. The SMILES string of the molecule is COc1cccc2c(NCC(CC(=O)O)OC)nccc12. The predicted molar refractivity (Wildman–Crippen MR) is 79.8 cm³/mol. The minimum Gasteiger partial charge on any atom is -0.496 e. The third-order valence-corrected chi connectivity index (χ3v) is 3.22. The molecule has 1 atom stereocenters. The van der Waals surface area contributed by atoms with E-state index in [0.717, 1.165) is 16.5 Å². The molecular formula is C15H18N2O4. The van der Waals surface area contributed by atoms with E-state index in [1.807, 2.05) is 24.3 Å². The van der Waals surface area contributed by atoms with Gasteiger partial charge in [0.25, 0.3) is 0 Å². The third-order valence-electron chi connectivity index (χ3n) is 3.22. The van der Waals surface area contributed by atoms with Crippen molar-refractivity contribution in [3.8, 4) is 5.75 Å². The highest BCUT2D eigenvalue weighted by Crippen LogP contribution is 2.28. The number of carboxylic acids is 1. The molecule has 0 radical (unpaired) electrons. The monoisotopic (exact) mass is 290 g/mol. The fourth-order valence-corrected chi connectivity index (χ4v) is 2.14. The molecule has 0 saturated carbocycles. The lowest BCUT2D eigenvalue weighted by molar-refractivity contribution is -0.139. The number of methoxy groups -OCH3 is 2. The Morgan fingerprint density at radius 2 is 2.14 bits per heavy atom. The zero-order valence-electron chi connectivity index (χ0n) is 12.0. The number of rotatable bonds is 7. The fraction of sp³-hybridized carbons (Fsp3) is 0.333. The van der Waals surface area contributed by atoms with Crippen LogP contribution in [0.5, 0.6) is 5.75 Å². The van der Waals surface area contributed by atoms with Crippen LogP contribution in [0.15, 0.2) is 30.5 Å². The molecule has 1 unspecified atom stereocenters. The Kier molecular flexibility index (Phi) is 4.94. The highest BCUT2D eigenvalue weighted by molar-refractivity contribution is 5.95. The van der Waals surface area contributed by atoms with Gasteiger partial charge in [-0.15, -0.1) is 0 Å². The maximum absolute atomic E-state index is 10.7. The van der Waals surface area contributed by atoms with Crippen LogP contribution in [-0.2, 0) is 9.53 Å². The van der Waals surface area contributed by atoms with E-state index in [2.05, 4.69) is 10.3 Å². The van der Waals surface area contributed by atoms with Crippen LogP contribution in [0.25, 0.3) is 10.8 Å². The molecule has 2 rings (SSSR count). The smallest absolute Gasteiger partial charge is 0.306 e. The fourth-order valence-electron chi connectivity index (χ4n) is 2.14. The molecule has 0 fully saturated rings. The molecule has 0 saturated heterocycles. The molecule has 0 amide bonds. The maximum Gasteiger partial charge on any atom is 0.306 e. The van der Waals surface area contributed by atoms with Crippen molar-refractivity contribution in [1.82, 2.24) is 4.98 Å². The second-order valence-electron chi connectivity index (χ2n) is 4.55. The topological polar surface area (TPSA) is 80.7 Å².